The average Bonchev–Trinajstić information content (AvgIpc) is 3.20. The smallest absolute Gasteiger partial charge is 0.263 e. The number of hydrogen-bond acceptors (Lipinski definition) is 8. The number of piperidine rings is 1. The summed E-state index contributed by atoms with van der Waals surface area (Å²) in [6.45, 7) is 3.75. The highest BCUT2D eigenvalue weighted by atomic mass is 32.1. The molecule has 2 aliphatic rings. The summed E-state index contributed by atoms with van der Waals surface area (Å²) in [5.74, 6) is -0.577. The third-order valence-corrected chi connectivity index (χ3v) is 7.65. The Labute approximate surface area is 212 Å². The Morgan fingerprint density at radius 2 is 2.31 bits per heavy atom. The molecule has 4 N–H and O–H groups in total. The molecule has 186 valence electrons. The molecule has 1 amide bonds. The number of nitrogens with zero attached hydrogens (tertiary/aromatic N) is 3. The van der Waals surface area contributed by atoms with Gasteiger partial charge >= 0.3 is 0 Å². The Bertz CT molecular complexity index is 1420. The Kier molecular flexibility index (Phi) is 6.51. The molecule has 36 heavy (non-hydrogen) atoms. The Morgan fingerprint density at radius 1 is 1.47 bits per heavy atom. The lowest BCUT2D eigenvalue weighted by Gasteiger charge is -2.29. The van der Waals surface area contributed by atoms with Crippen LogP contribution in [0.2, 0.25) is 0 Å². The number of fused-ring (bicyclic) bond motifs is 2. The lowest BCUT2D eigenvalue weighted by atomic mass is 9.97. The number of carbonyl (C=O) groups excluding carboxylic acids is 1. The molecular weight excluding hydrogens is 479 g/mol. The van der Waals surface area contributed by atoms with Crippen molar-refractivity contribution < 1.29 is 13.9 Å². The number of thiophene rings is 1. The molecular formula is C26H27FN6O2S. The van der Waals surface area contributed by atoms with E-state index in [1.807, 2.05) is 25.3 Å². The summed E-state index contributed by atoms with van der Waals surface area (Å²) in [6, 6.07) is 6.80. The van der Waals surface area contributed by atoms with Crippen molar-refractivity contribution in [1.29, 1.82) is 5.26 Å². The van der Waals surface area contributed by atoms with E-state index in [0.29, 0.717) is 21.1 Å². The van der Waals surface area contributed by atoms with Crippen LogP contribution >= 0.6 is 11.3 Å². The van der Waals surface area contributed by atoms with Crippen molar-refractivity contribution >= 4 is 38.8 Å². The minimum atomic E-state index is -0.468. The van der Waals surface area contributed by atoms with E-state index in [0.717, 1.165) is 37.0 Å². The summed E-state index contributed by atoms with van der Waals surface area (Å²) < 4.78 is 21.2. The number of pyridine rings is 1. The number of benzene rings is 1. The van der Waals surface area contributed by atoms with Gasteiger partial charge in [-0.05, 0) is 50.1 Å². The van der Waals surface area contributed by atoms with E-state index in [4.69, 9.17) is 10.5 Å². The number of nitriles is 1. The van der Waals surface area contributed by atoms with E-state index in [1.165, 1.54) is 23.0 Å². The molecule has 1 atom stereocenters. The van der Waals surface area contributed by atoms with E-state index in [9.17, 15) is 10.1 Å². The highest BCUT2D eigenvalue weighted by Crippen LogP contribution is 2.38. The number of nitrogens with two attached hydrogens (primary N) is 1. The molecule has 0 saturated carbocycles. The highest BCUT2D eigenvalue weighted by Gasteiger charge is 2.30. The minimum absolute atomic E-state index is 0.118. The fraction of sp³-hybridized carbons (Fsp3) is 0.346. The molecule has 8 nitrogen and oxygen atoms in total. The van der Waals surface area contributed by atoms with Gasteiger partial charge in [-0.1, -0.05) is 0 Å². The number of ether oxygens (including phenoxy) is 1. The van der Waals surface area contributed by atoms with Crippen LogP contribution < -0.4 is 26.0 Å². The number of nitrogens with one attached hydrogen (secondary N) is 2. The third-order valence-electron chi connectivity index (χ3n) is 6.53. The van der Waals surface area contributed by atoms with Crippen molar-refractivity contribution in [2.75, 3.05) is 37.4 Å². The van der Waals surface area contributed by atoms with Gasteiger partial charge in [0.05, 0.1) is 17.4 Å². The van der Waals surface area contributed by atoms with Crippen molar-refractivity contribution in [3.63, 3.8) is 0 Å². The predicted molar refractivity (Wildman–Crippen MR) is 139 cm³/mol. The molecule has 1 aromatic carbocycles. The first-order chi connectivity index (χ1) is 17.4. The van der Waals surface area contributed by atoms with Crippen molar-refractivity contribution in [3.05, 3.63) is 57.5 Å². The second-order valence-electron chi connectivity index (χ2n) is 9.19. The summed E-state index contributed by atoms with van der Waals surface area (Å²) in [5.41, 5.74) is 9.66. The van der Waals surface area contributed by atoms with E-state index in [1.54, 1.807) is 11.9 Å². The number of rotatable bonds is 4. The van der Waals surface area contributed by atoms with Crippen LogP contribution in [0.1, 0.15) is 39.3 Å². The van der Waals surface area contributed by atoms with Crippen LogP contribution in [0.3, 0.4) is 0 Å². The number of aryl methyl sites for hydroxylation is 1. The second kappa shape index (κ2) is 9.76. The molecule has 0 radical (unpaired) electrons. The van der Waals surface area contributed by atoms with E-state index in [2.05, 4.69) is 21.7 Å². The first-order valence-electron chi connectivity index (χ1n) is 11.8. The topological polar surface area (TPSA) is 116 Å². The summed E-state index contributed by atoms with van der Waals surface area (Å²) >= 11 is 1.23. The molecule has 0 spiro atoms. The molecule has 10 heteroatoms. The van der Waals surface area contributed by atoms with Gasteiger partial charge in [-0.25, -0.2) is 9.37 Å². The van der Waals surface area contributed by atoms with Gasteiger partial charge < -0.3 is 26.0 Å². The molecule has 5 rings (SSSR count). The first kappa shape index (κ1) is 24.0. The second-order valence-corrected chi connectivity index (χ2v) is 10.2. The van der Waals surface area contributed by atoms with Crippen molar-refractivity contribution in [2.45, 2.75) is 32.2 Å². The molecule has 2 aliphatic heterocycles. The first-order valence-corrected chi connectivity index (χ1v) is 12.6. The zero-order chi connectivity index (χ0) is 25.4. The van der Waals surface area contributed by atoms with Gasteiger partial charge in [0, 0.05) is 42.9 Å². The van der Waals surface area contributed by atoms with Gasteiger partial charge in [0.2, 0.25) is 0 Å². The number of amides is 1. The van der Waals surface area contributed by atoms with Gasteiger partial charge in [0.25, 0.3) is 5.91 Å². The predicted octanol–water partition coefficient (Wildman–Crippen LogP) is 3.63. The largest absolute Gasteiger partial charge is 0.490 e. The number of hydrogen-bond donors (Lipinski definition) is 3. The lowest BCUT2D eigenvalue weighted by molar-refractivity contribution is 0.0919. The molecule has 1 fully saturated rings. The monoisotopic (exact) mass is 506 g/mol. The molecule has 1 saturated heterocycles. The normalized spacial score (nSPS) is 18.4. The van der Waals surface area contributed by atoms with E-state index in [-0.39, 0.29) is 35.8 Å². The third kappa shape index (κ3) is 4.47. The van der Waals surface area contributed by atoms with Crippen LogP contribution in [0.5, 0.6) is 5.75 Å². The van der Waals surface area contributed by atoms with Gasteiger partial charge in [0.1, 0.15) is 39.5 Å². The maximum Gasteiger partial charge on any atom is 0.263 e. The quantitative estimate of drug-likeness (QED) is 0.495. The molecule has 0 unspecified atom stereocenters. The Morgan fingerprint density at radius 3 is 3.06 bits per heavy atom. The van der Waals surface area contributed by atoms with Crippen LogP contribution in [0.15, 0.2) is 30.0 Å². The summed E-state index contributed by atoms with van der Waals surface area (Å²) in [5, 5.41) is 16.9. The van der Waals surface area contributed by atoms with Gasteiger partial charge in [0.15, 0.2) is 0 Å². The zero-order valence-electron chi connectivity index (χ0n) is 20.2. The van der Waals surface area contributed by atoms with E-state index >= 15 is 4.39 Å². The Balaban J connectivity index is 1.37. The van der Waals surface area contributed by atoms with Gasteiger partial charge in [-0.15, -0.1) is 11.3 Å². The van der Waals surface area contributed by atoms with E-state index < -0.39 is 11.9 Å². The fourth-order valence-electron chi connectivity index (χ4n) is 4.71. The molecule has 4 heterocycles. The number of anilines is 2. The van der Waals surface area contributed by atoms with Crippen molar-refractivity contribution in [2.24, 2.45) is 0 Å². The van der Waals surface area contributed by atoms with Crippen molar-refractivity contribution in [1.82, 2.24) is 15.6 Å². The number of carbonyl (C=O) groups is 1. The van der Waals surface area contributed by atoms with Gasteiger partial charge in [-0.2, -0.15) is 5.26 Å². The van der Waals surface area contributed by atoms with Crippen LogP contribution in [-0.2, 0) is 6.42 Å². The SMILES string of the molecule is Cc1ccc2c(N)c(C(=O)N[C@H]3COc4c(C#N)c(N(C)/C=C5\CCCNC5)cc(F)c4C3)sc2n1. The fourth-order valence-corrected chi connectivity index (χ4v) is 5.76. The summed E-state index contributed by atoms with van der Waals surface area (Å²) in [6.07, 6.45) is 4.16. The Hall–Kier alpha value is -3.68. The molecule has 3 aromatic rings. The van der Waals surface area contributed by atoms with Crippen molar-refractivity contribution in [3.8, 4) is 11.8 Å². The van der Waals surface area contributed by atoms with Crippen LogP contribution in [0.25, 0.3) is 10.2 Å². The highest BCUT2D eigenvalue weighted by molar-refractivity contribution is 7.21. The van der Waals surface area contributed by atoms with Crippen LogP contribution in [0, 0.1) is 24.1 Å². The number of aromatic nitrogens is 1. The zero-order valence-corrected chi connectivity index (χ0v) is 21.0. The average molecular weight is 507 g/mol. The van der Waals surface area contributed by atoms with Crippen LogP contribution in [-0.4, -0.2) is 43.7 Å². The number of nitrogen functional groups attached to an aromatic ring is 1. The number of halogens is 1. The minimum Gasteiger partial charge on any atom is -0.490 e. The summed E-state index contributed by atoms with van der Waals surface area (Å²) in [4.78, 5) is 20.3. The lowest BCUT2D eigenvalue weighted by Crippen LogP contribution is -2.43. The standard InChI is InChI=1S/C26H27FN6O2S/c1-14-5-6-17-22(29)24(36-26(17)31-14)25(34)32-16-8-18-20(27)9-21(19(10-28)23(18)35-13-16)33(2)12-15-4-3-7-30-11-15/h5-6,9,12,16,30H,3-4,7-8,11,13,29H2,1-2H3,(H,32,34)/b15-12+/t16-/m1/s1. The van der Waals surface area contributed by atoms with Gasteiger partial charge in [-0.3, -0.25) is 4.79 Å². The maximum atomic E-state index is 15.3. The maximum absolute atomic E-state index is 15.3. The molecule has 2 aromatic heterocycles. The molecule has 0 bridgehead atoms. The summed E-state index contributed by atoms with van der Waals surface area (Å²) in [7, 11) is 1.81. The van der Waals surface area contributed by atoms with Crippen LogP contribution in [0.4, 0.5) is 15.8 Å². The molecule has 0 aliphatic carbocycles.